The highest BCUT2D eigenvalue weighted by Crippen LogP contribution is 2.19. The van der Waals surface area contributed by atoms with Crippen molar-refractivity contribution in [2.75, 3.05) is 5.75 Å². The van der Waals surface area contributed by atoms with Crippen LogP contribution >= 0.6 is 0 Å². The Morgan fingerprint density at radius 2 is 1.55 bits per heavy atom. The van der Waals surface area contributed by atoms with Crippen molar-refractivity contribution in [2.24, 2.45) is 0 Å². The molecule has 0 aliphatic carbocycles. The molecule has 110 valence electrons. The van der Waals surface area contributed by atoms with Crippen molar-refractivity contribution in [3.8, 4) is 0 Å². The van der Waals surface area contributed by atoms with Crippen LogP contribution in [0.5, 0.6) is 0 Å². The van der Waals surface area contributed by atoms with Gasteiger partial charge in [-0.2, -0.15) is 0 Å². The molecule has 22 heavy (non-hydrogen) atoms. The molecule has 0 heterocycles. The van der Waals surface area contributed by atoms with Gasteiger partial charge in [0.05, 0.1) is 0 Å². The number of hydrogen-bond acceptors (Lipinski definition) is 1. The summed E-state index contributed by atoms with van der Waals surface area (Å²) in [5.74, 6) is 1.18. The molecule has 0 aliphatic heterocycles. The number of fused-ring (bicyclic) bond motifs is 1. The molecule has 0 aromatic heterocycles. The molecular weight excluding hydrogens is 288 g/mol. The van der Waals surface area contributed by atoms with E-state index in [4.69, 9.17) is 0 Å². The first-order valence-corrected chi connectivity index (χ1v) is 8.85. The maximum Gasteiger partial charge on any atom is 0.0494 e. The lowest BCUT2D eigenvalue weighted by Gasteiger charge is -2.05. The van der Waals surface area contributed by atoms with Crippen molar-refractivity contribution in [3.63, 3.8) is 0 Å². The maximum absolute atomic E-state index is 12.3. The van der Waals surface area contributed by atoms with Crippen LogP contribution in [-0.4, -0.2) is 9.96 Å². The van der Waals surface area contributed by atoms with Gasteiger partial charge in [0.15, 0.2) is 0 Å². The minimum Gasteiger partial charge on any atom is -0.259 e. The number of hydrogen-bond donors (Lipinski definition) is 0. The van der Waals surface area contributed by atoms with Gasteiger partial charge in [-0.25, -0.2) is 0 Å². The van der Waals surface area contributed by atoms with Crippen LogP contribution < -0.4 is 0 Å². The Morgan fingerprint density at radius 3 is 2.41 bits per heavy atom. The van der Waals surface area contributed by atoms with E-state index in [2.05, 4.69) is 24.3 Å². The number of rotatable bonds is 5. The summed E-state index contributed by atoms with van der Waals surface area (Å²) in [5.41, 5.74) is 2.30. The highest BCUT2D eigenvalue weighted by Gasteiger charge is 2.04. The molecule has 0 spiro atoms. The first kappa shape index (κ1) is 14.7. The van der Waals surface area contributed by atoms with E-state index < -0.39 is 10.8 Å². The van der Waals surface area contributed by atoms with Crippen molar-refractivity contribution < 1.29 is 4.21 Å². The summed E-state index contributed by atoms with van der Waals surface area (Å²) in [6.45, 7) is 0. The third kappa shape index (κ3) is 3.71. The van der Waals surface area contributed by atoms with Crippen LogP contribution in [-0.2, 0) is 16.6 Å². The van der Waals surface area contributed by atoms with E-state index in [0.29, 0.717) is 11.5 Å². The largest absolute Gasteiger partial charge is 0.259 e. The predicted octanol–water partition coefficient (Wildman–Crippen LogP) is 4.80. The standard InChI is InChI=1S/C20H18OS/c21-22(15-7-10-17-8-2-1-3-9-17)16-19-13-6-12-18-11-4-5-14-20(18)19/h1-14H,15-16H2/b10-7+/t22-/m1/s1. The zero-order valence-corrected chi connectivity index (χ0v) is 13.1. The van der Waals surface area contributed by atoms with Gasteiger partial charge in [-0.15, -0.1) is 0 Å². The molecule has 3 aromatic rings. The van der Waals surface area contributed by atoms with Gasteiger partial charge >= 0.3 is 0 Å². The first-order valence-electron chi connectivity index (χ1n) is 7.36. The fourth-order valence-corrected chi connectivity index (χ4v) is 3.53. The fourth-order valence-electron chi connectivity index (χ4n) is 2.51. The van der Waals surface area contributed by atoms with E-state index in [1.165, 1.54) is 10.8 Å². The summed E-state index contributed by atoms with van der Waals surface area (Å²) in [6.07, 6.45) is 4.03. The van der Waals surface area contributed by atoms with Crippen LogP contribution in [0.3, 0.4) is 0 Å². The second kappa shape index (κ2) is 7.19. The van der Waals surface area contributed by atoms with Gasteiger partial charge in [0.25, 0.3) is 0 Å². The molecule has 0 N–H and O–H groups in total. The molecule has 0 saturated heterocycles. The molecule has 1 nitrogen and oxygen atoms in total. The average Bonchev–Trinajstić information content (AvgIpc) is 2.56. The molecule has 3 aromatic carbocycles. The first-order chi connectivity index (χ1) is 10.8. The topological polar surface area (TPSA) is 17.1 Å². The molecule has 0 fully saturated rings. The lowest BCUT2D eigenvalue weighted by Crippen LogP contribution is -1.99. The Kier molecular flexibility index (Phi) is 4.81. The van der Waals surface area contributed by atoms with Crippen molar-refractivity contribution in [3.05, 3.63) is 90.0 Å². The Balaban J connectivity index is 1.67. The van der Waals surface area contributed by atoms with Gasteiger partial charge < -0.3 is 0 Å². The molecule has 0 unspecified atom stereocenters. The van der Waals surface area contributed by atoms with Gasteiger partial charge in [-0.05, 0) is 21.9 Å². The Hall–Kier alpha value is -2.19. The second-order valence-electron chi connectivity index (χ2n) is 5.20. The normalized spacial score (nSPS) is 12.7. The Bertz CT molecular complexity index is 801. The van der Waals surface area contributed by atoms with E-state index >= 15 is 0 Å². The minimum atomic E-state index is -0.887. The van der Waals surface area contributed by atoms with E-state index in [-0.39, 0.29) is 0 Å². The third-order valence-electron chi connectivity index (χ3n) is 3.59. The van der Waals surface area contributed by atoms with Crippen LogP contribution in [0.2, 0.25) is 0 Å². The van der Waals surface area contributed by atoms with Gasteiger partial charge in [0.2, 0.25) is 0 Å². The molecule has 0 aliphatic rings. The van der Waals surface area contributed by atoms with Crippen molar-refractivity contribution >= 4 is 27.6 Å². The molecular formula is C20H18OS. The monoisotopic (exact) mass is 306 g/mol. The zero-order valence-electron chi connectivity index (χ0n) is 12.3. The van der Waals surface area contributed by atoms with Gasteiger partial charge in [0.1, 0.15) is 0 Å². The van der Waals surface area contributed by atoms with Crippen LogP contribution in [0.25, 0.3) is 16.8 Å². The predicted molar refractivity (Wildman–Crippen MR) is 96.1 cm³/mol. The molecule has 1 atom stereocenters. The van der Waals surface area contributed by atoms with Crippen molar-refractivity contribution in [2.45, 2.75) is 5.75 Å². The van der Waals surface area contributed by atoms with Crippen molar-refractivity contribution in [1.29, 1.82) is 0 Å². The summed E-state index contributed by atoms with van der Waals surface area (Å²) in [7, 11) is -0.887. The summed E-state index contributed by atoms with van der Waals surface area (Å²) < 4.78 is 12.3. The van der Waals surface area contributed by atoms with Crippen molar-refractivity contribution in [1.82, 2.24) is 0 Å². The second-order valence-corrected chi connectivity index (χ2v) is 6.70. The molecule has 0 amide bonds. The summed E-state index contributed by atoms with van der Waals surface area (Å²) >= 11 is 0. The quantitative estimate of drug-likeness (QED) is 0.661. The highest BCUT2D eigenvalue weighted by molar-refractivity contribution is 7.84. The molecule has 3 rings (SSSR count). The highest BCUT2D eigenvalue weighted by atomic mass is 32.2. The Morgan fingerprint density at radius 1 is 0.818 bits per heavy atom. The van der Waals surface area contributed by atoms with Crippen LogP contribution in [0.15, 0.2) is 78.9 Å². The molecule has 0 saturated carbocycles. The van der Waals surface area contributed by atoms with E-state index in [1.807, 2.05) is 60.7 Å². The Labute approximate surface area is 133 Å². The summed E-state index contributed by atoms with van der Waals surface area (Å²) in [4.78, 5) is 0. The smallest absolute Gasteiger partial charge is 0.0494 e. The lowest BCUT2D eigenvalue weighted by molar-refractivity contribution is 0.684. The zero-order chi connectivity index (χ0) is 15.2. The van der Waals surface area contributed by atoms with Crippen LogP contribution in [0.4, 0.5) is 0 Å². The maximum atomic E-state index is 12.3. The van der Waals surface area contributed by atoms with Crippen LogP contribution in [0, 0.1) is 0 Å². The minimum absolute atomic E-state index is 0.581. The van der Waals surface area contributed by atoms with Crippen LogP contribution in [0.1, 0.15) is 11.1 Å². The van der Waals surface area contributed by atoms with Gasteiger partial charge in [-0.3, -0.25) is 4.21 Å². The average molecular weight is 306 g/mol. The summed E-state index contributed by atoms with van der Waals surface area (Å²) in [5, 5.41) is 2.40. The van der Waals surface area contributed by atoms with Gasteiger partial charge in [-0.1, -0.05) is 84.9 Å². The molecule has 0 bridgehead atoms. The number of benzene rings is 3. The lowest BCUT2D eigenvalue weighted by atomic mass is 10.1. The third-order valence-corrected chi connectivity index (χ3v) is 4.79. The van der Waals surface area contributed by atoms with E-state index in [9.17, 15) is 4.21 Å². The van der Waals surface area contributed by atoms with E-state index in [1.54, 1.807) is 0 Å². The molecule has 0 radical (unpaired) electrons. The molecule has 2 heteroatoms. The fraction of sp³-hybridized carbons (Fsp3) is 0.100. The summed E-state index contributed by atoms with van der Waals surface area (Å²) in [6, 6.07) is 24.6. The van der Waals surface area contributed by atoms with Gasteiger partial charge in [0, 0.05) is 22.3 Å². The van der Waals surface area contributed by atoms with E-state index in [0.717, 1.165) is 11.1 Å². The SMILES string of the molecule is O=[S@](C/C=C/c1ccccc1)Cc1cccc2ccccc12.